The van der Waals surface area contributed by atoms with Crippen molar-refractivity contribution < 1.29 is 4.39 Å². The van der Waals surface area contributed by atoms with E-state index in [1.165, 1.54) is 6.07 Å². The number of fused-ring (bicyclic) bond motifs is 1. The number of aromatic amines is 1. The molecule has 0 fully saturated rings. The molecule has 1 aromatic heterocycles. The third-order valence-electron chi connectivity index (χ3n) is 5.28. The number of unbranched alkanes of at least 4 members (excludes halogenated alkanes) is 1. The predicted molar refractivity (Wildman–Crippen MR) is 142 cm³/mol. The Labute approximate surface area is 207 Å². The van der Waals surface area contributed by atoms with E-state index in [0.29, 0.717) is 23.6 Å². The van der Waals surface area contributed by atoms with Crippen LogP contribution in [0, 0.1) is 9.39 Å². The molecule has 0 radical (unpaired) electrons. The molecule has 33 heavy (non-hydrogen) atoms. The van der Waals surface area contributed by atoms with Gasteiger partial charge in [-0.15, -0.1) is 0 Å². The number of anilines is 1. The molecule has 0 bridgehead atoms. The van der Waals surface area contributed by atoms with E-state index in [1.807, 2.05) is 24.3 Å². The minimum Gasteiger partial charge on any atom is -0.383 e. The van der Waals surface area contributed by atoms with Crippen LogP contribution in [-0.4, -0.2) is 49.2 Å². The Bertz CT molecular complexity index is 1090. The van der Waals surface area contributed by atoms with Gasteiger partial charge in [-0.05, 0) is 99.2 Å². The lowest BCUT2D eigenvalue weighted by Gasteiger charge is -2.10. The highest BCUT2D eigenvalue weighted by molar-refractivity contribution is 14.1. The third kappa shape index (κ3) is 7.73. The van der Waals surface area contributed by atoms with E-state index in [-0.39, 0.29) is 10.9 Å². The van der Waals surface area contributed by atoms with Crippen LogP contribution in [0.1, 0.15) is 25.7 Å². The molecule has 0 spiro atoms. The molecule has 6 N–H and O–H groups in total. The first kappa shape index (κ1) is 25.5. The lowest BCUT2D eigenvalue weighted by Crippen LogP contribution is -2.22. The van der Waals surface area contributed by atoms with Crippen LogP contribution in [0.15, 0.2) is 41.2 Å². The van der Waals surface area contributed by atoms with Crippen molar-refractivity contribution >= 4 is 39.2 Å². The maximum atomic E-state index is 14.5. The van der Waals surface area contributed by atoms with Gasteiger partial charge in [-0.1, -0.05) is 18.2 Å². The van der Waals surface area contributed by atoms with Gasteiger partial charge in [-0.25, -0.2) is 9.37 Å². The van der Waals surface area contributed by atoms with Crippen LogP contribution < -0.4 is 27.2 Å². The molecule has 0 saturated heterocycles. The maximum absolute atomic E-state index is 14.5. The second-order valence-electron chi connectivity index (χ2n) is 7.87. The van der Waals surface area contributed by atoms with Crippen LogP contribution in [0.3, 0.4) is 0 Å². The van der Waals surface area contributed by atoms with Gasteiger partial charge in [0, 0.05) is 15.7 Å². The first-order valence-electron chi connectivity index (χ1n) is 11.4. The Morgan fingerprint density at radius 2 is 1.67 bits per heavy atom. The maximum Gasteiger partial charge on any atom is 0.259 e. The monoisotopic (exact) mass is 566 g/mol. The normalized spacial score (nSPS) is 11.2. The molecule has 0 saturated carbocycles. The van der Waals surface area contributed by atoms with Crippen molar-refractivity contribution in [3.8, 4) is 11.4 Å². The van der Waals surface area contributed by atoms with Crippen LogP contribution in [0.2, 0.25) is 0 Å². The molecular formula is C24H32FIN6O. The molecule has 3 aromatic rings. The van der Waals surface area contributed by atoms with Crippen molar-refractivity contribution in [3.63, 3.8) is 0 Å². The van der Waals surface area contributed by atoms with E-state index in [4.69, 9.17) is 5.73 Å². The molecule has 0 atom stereocenters. The number of hydrogen-bond donors (Lipinski definition) is 5. The Hall–Kier alpha value is -2.08. The molecule has 0 aliphatic carbocycles. The lowest BCUT2D eigenvalue weighted by atomic mass is 10.1. The number of halogens is 2. The van der Waals surface area contributed by atoms with Gasteiger partial charge in [-0.3, -0.25) is 4.79 Å². The number of benzene rings is 2. The van der Waals surface area contributed by atoms with Crippen LogP contribution in [0.5, 0.6) is 0 Å². The quantitative estimate of drug-likeness (QED) is 0.151. The summed E-state index contributed by atoms with van der Waals surface area (Å²) in [4.78, 5) is 19.9. The highest BCUT2D eigenvalue weighted by atomic mass is 127. The molecular weight excluding hydrogens is 534 g/mol. The van der Waals surface area contributed by atoms with Crippen molar-refractivity contribution in [2.75, 3.05) is 44.6 Å². The highest BCUT2D eigenvalue weighted by Gasteiger charge is 2.12. The molecule has 9 heteroatoms. The van der Waals surface area contributed by atoms with E-state index in [1.54, 1.807) is 6.07 Å². The van der Waals surface area contributed by atoms with Crippen LogP contribution >= 0.6 is 22.6 Å². The minimum atomic E-state index is -0.452. The van der Waals surface area contributed by atoms with Gasteiger partial charge in [0.15, 0.2) is 0 Å². The summed E-state index contributed by atoms with van der Waals surface area (Å²) < 4.78 is 15.5. The number of hydrogen-bond acceptors (Lipinski definition) is 6. The van der Waals surface area contributed by atoms with E-state index in [2.05, 4.69) is 48.5 Å². The standard InChI is InChI=1S/C24H32FIN6O/c25-19-15-18-21(31-23(32-24(18)33)17-7-1-2-8-20(17)26)16-22(19)30-14-6-13-29-11-4-3-10-28-12-5-9-27/h1-2,7-8,15-16,28-30H,3-6,9-14,27H2,(H,31,32,33). The Morgan fingerprint density at radius 3 is 2.39 bits per heavy atom. The van der Waals surface area contributed by atoms with Crippen LogP contribution in [0.4, 0.5) is 10.1 Å². The van der Waals surface area contributed by atoms with Gasteiger partial charge < -0.3 is 26.7 Å². The van der Waals surface area contributed by atoms with E-state index in [9.17, 15) is 9.18 Å². The Morgan fingerprint density at radius 1 is 0.970 bits per heavy atom. The zero-order valence-electron chi connectivity index (χ0n) is 18.7. The van der Waals surface area contributed by atoms with E-state index in [0.717, 1.165) is 67.5 Å². The lowest BCUT2D eigenvalue weighted by molar-refractivity contribution is 0.571. The van der Waals surface area contributed by atoms with E-state index >= 15 is 0 Å². The summed E-state index contributed by atoms with van der Waals surface area (Å²) in [5.41, 5.74) is 6.78. The highest BCUT2D eigenvalue weighted by Crippen LogP contribution is 2.24. The van der Waals surface area contributed by atoms with Gasteiger partial charge in [0.05, 0.1) is 16.6 Å². The largest absolute Gasteiger partial charge is 0.383 e. The average Bonchev–Trinajstić information content (AvgIpc) is 2.81. The van der Waals surface area contributed by atoms with Crippen LogP contribution in [0.25, 0.3) is 22.3 Å². The van der Waals surface area contributed by atoms with Crippen molar-refractivity contribution in [1.29, 1.82) is 0 Å². The summed E-state index contributed by atoms with van der Waals surface area (Å²) in [6, 6.07) is 10.5. The van der Waals surface area contributed by atoms with Crippen molar-refractivity contribution in [3.05, 3.63) is 56.1 Å². The fourth-order valence-electron chi connectivity index (χ4n) is 3.49. The summed E-state index contributed by atoms with van der Waals surface area (Å²) in [6.45, 7) is 5.19. The molecule has 3 rings (SSSR count). The first-order valence-corrected chi connectivity index (χ1v) is 12.5. The molecule has 1 heterocycles. The average molecular weight is 566 g/mol. The molecule has 0 aliphatic heterocycles. The van der Waals surface area contributed by atoms with Crippen molar-refractivity contribution in [2.45, 2.75) is 25.7 Å². The fourth-order valence-corrected chi connectivity index (χ4v) is 4.13. The number of rotatable bonds is 14. The molecule has 2 aromatic carbocycles. The number of nitrogens with zero attached hydrogens (tertiary/aromatic N) is 1. The fraction of sp³-hybridized carbons (Fsp3) is 0.417. The van der Waals surface area contributed by atoms with Gasteiger partial charge >= 0.3 is 0 Å². The summed E-state index contributed by atoms with van der Waals surface area (Å²) >= 11 is 2.21. The van der Waals surface area contributed by atoms with Crippen LogP contribution in [-0.2, 0) is 0 Å². The summed E-state index contributed by atoms with van der Waals surface area (Å²) in [5.74, 6) is 0.0285. The second-order valence-corrected chi connectivity index (χ2v) is 9.04. The molecule has 0 aliphatic rings. The molecule has 0 unspecified atom stereocenters. The molecule has 7 nitrogen and oxygen atoms in total. The summed E-state index contributed by atoms with van der Waals surface area (Å²) in [5, 5.41) is 10.2. The van der Waals surface area contributed by atoms with Gasteiger partial charge in [0.25, 0.3) is 5.56 Å². The van der Waals surface area contributed by atoms with Crippen molar-refractivity contribution in [2.24, 2.45) is 5.73 Å². The first-order chi connectivity index (χ1) is 16.1. The SMILES string of the molecule is NCCCNCCCCNCCCNc1cc2nc(-c3ccccc3I)[nH]c(=O)c2cc1F. The Balaban J connectivity index is 1.49. The summed E-state index contributed by atoms with van der Waals surface area (Å²) in [6.07, 6.45) is 4.13. The second kappa shape index (κ2) is 13.6. The number of nitrogens with two attached hydrogens (primary N) is 1. The predicted octanol–water partition coefficient (Wildman–Crippen LogP) is 3.44. The molecule has 0 amide bonds. The Kier molecular flexibility index (Phi) is 10.5. The van der Waals surface area contributed by atoms with Gasteiger partial charge in [-0.2, -0.15) is 0 Å². The van der Waals surface area contributed by atoms with Gasteiger partial charge in [0.2, 0.25) is 0 Å². The van der Waals surface area contributed by atoms with E-state index < -0.39 is 5.82 Å². The summed E-state index contributed by atoms with van der Waals surface area (Å²) in [7, 11) is 0. The number of aromatic nitrogens is 2. The topological polar surface area (TPSA) is 108 Å². The van der Waals surface area contributed by atoms with Crippen molar-refractivity contribution in [1.82, 2.24) is 20.6 Å². The third-order valence-corrected chi connectivity index (χ3v) is 6.22. The zero-order chi connectivity index (χ0) is 23.5. The number of nitrogens with one attached hydrogen (secondary N) is 4. The molecule has 178 valence electrons. The smallest absolute Gasteiger partial charge is 0.259 e. The van der Waals surface area contributed by atoms with Gasteiger partial charge in [0.1, 0.15) is 11.6 Å². The minimum absolute atomic E-state index is 0.243. The number of H-pyrrole nitrogens is 1. The zero-order valence-corrected chi connectivity index (χ0v) is 20.9.